The van der Waals surface area contributed by atoms with E-state index in [1.54, 1.807) is 24.3 Å². The van der Waals surface area contributed by atoms with Gasteiger partial charge in [0.05, 0.1) is 16.2 Å². The first-order valence-electron chi connectivity index (χ1n) is 9.64. The highest BCUT2D eigenvalue weighted by Crippen LogP contribution is 2.53. The Morgan fingerprint density at radius 3 is 2.16 bits per heavy atom. The Kier molecular flexibility index (Phi) is 5.26. The van der Waals surface area contributed by atoms with Gasteiger partial charge in [-0.25, -0.2) is 17.5 Å². The summed E-state index contributed by atoms with van der Waals surface area (Å²) in [6.45, 7) is 0. The fourth-order valence-electron chi connectivity index (χ4n) is 4.00. The smallest absolute Gasteiger partial charge is 0.207 e. The molecule has 31 heavy (non-hydrogen) atoms. The average Bonchev–Trinajstić information content (AvgIpc) is 3.04. The van der Waals surface area contributed by atoms with Crippen LogP contribution in [0.2, 0.25) is 5.02 Å². The van der Waals surface area contributed by atoms with Crippen molar-refractivity contribution in [3.63, 3.8) is 0 Å². The number of hydrogen-bond donors (Lipinski definition) is 1. The van der Waals surface area contributed by atoms with Gasteiger partial charge in [-0.2, -0.15) is 0 Å². The normalized spacial score (nSPS) is 17.9. The molecule has 0 bridgehead atoms. The molecule has 5 rings (SSSR count). The van der Waals surface area contributed by atoms with Crippen LogP contribution in [0.5, 0.6) is 0 Å². The predicted octanol–water partition coefficient (Wildman–Crippen LogP) is 6.50. The zero-order valence-corrected chi connectivity index (χ0v) is 18.5. The van der Waals surface area contributed by atoms with Crippen LogP contribution in [-0.4, -0.2) is 8.42 Å². The van der Waals surface area contributed by atoms with Crippen molar-refractivity contribution in [2.24, 2.45) is 0 Å². The molecule has 1 aliphatic rings. The van der Waals surface area contributed by atoms with Crippen molar-refractivity contribution in [1.82, 2.24) is 4.72 Å². The highest BCUT2D eigenvalue weighted by atomic mass is 35.5. The molecule has 0 fully saturated rings. The maximum atomic E-state index is 13.4. The maximum absolute atomic E-state index is 13.4. The van der Waals surface area contributed by atoms with Gasteiger partial charge in [0.2, 0.25) is 10.0 Å². The predicted molar refractivity (Wildman–Crippen MR) is 123 cm³/mol. The van der Waals surface area contributed by atoms with Gasteiger partial charge in [0.1, 0.15) is 5.82 Å². The van der Waals surface area contributed by atoms with Gasteiger partial charge in [0.15, 0.2) is 0 Å². The number of sulfonamides is 1. The summed E-state index contributed by atoms with van der Waals surface area (Å²) in [4.78, 5) is 1.03. The second-order valence-corrected chi connectivity index (χ2v) is 10.7. The lowest BCUT2D eigenvalue weighted by molar-refractivity contribution is 0.557. The number of thioether (sulfide) groups is 1. The molecule has 1 aliphatic carbocycles. The number of benzene rings is 4. The fraction of sp³-hybridized carbons (Fsp3) is 0.0833. The van der Waals surface area contributed by atoms with Crippen molar-refractivity contribution in [3.8, 4) is 0 Å². The van der Waals surface area contributed by atoms with Crippen LogP contribution in [0.4, 0.5) is 4.39 Å². The first-order valence-corrected chi connectivity index (χ1v) is 12.4. The topological polar surface area (TPSA) is 46.2 Å². The fourth-order valence-corrected chi connectivity index (χ4v) is 6.70. The molecular weight excluding hydrogens is 453 g/mol. The first kappa shape index (κ1) is 20.5. The summed E-state index contributed by atoms with van der Waals surface area (Å²) in [6.07, 6.45) is 0. The zero-order valence-electron chi connectivity index (χ0n) is 16.1. The Balaban J connectivity index is 1.58. The van der Waals surface area contributed by atoms with E-state index in [0.717, 1.165) is 26.8 Å². The molecule has 0 aliphatic heterocycles. The van der Waals surface area contributed by atoms with E-state index < -0.39 is 16.1 Å². The SMILES string of the molecule is O=S(=O)(N[C@H]1c2cccc3cccc(c23)[C@H]1Sc1ccc(F)cc1)c1ccc(Cl)cc1. The summed E-state index contributed by atoms with van der Waals surface area (Å²) < 4.78 is 42.7. The van der Waals surface area contributed by atoms with Gasteiger partial charge in [0, 0.05) is 9.92 Å². The van der Waals surface area contributed by atoms with Gasteiger partial charge in [-0.1, -0.05) is 48.0 Å². The first-order chi connectivity index (χ1) is 14.9. The van der Waals surface area contributed by atoms with Crippen molar-refractivity contribution in [1.29, 1.82) is 0 Å². The van der Waals surface area contributed by atoms with E-state index in [0.29, 0.717) is 5.02 Å². The number of halogens is 2. The van der Waals surface area contributed by atoms with Crippen LogP contribution >= 0.6 is 23.4 Å². The van der Waals surface area contributed by atoms with Crippen molar-refractivity contribution < 1.29 is 12.8 Å². The minimum absolute atomic E-state index is 0.158. The largest absolute Gasteiger partial charge is 0.241 e. The van der Waals surface area contributed by atoms with E-state index >= 15 is 0 Å². The molecule has 156 valence electrons. The van der Waals surface area contributed by atoms with Crippen LogP contribution in [-0.2, 0) is 10.0 Å². The van der Waals surface area contributed by atoms with E-state index in [-0.39, 0.29) is 16.0 Å². The van der Waals surface area contributed by atoms with Crippen LogP contribution < -0.4 is 4.72 Å². The third-order valence-corrected chi connectivity index (χ3v) is 8.43. The van der Waals surface area contributed by atoms with E-state index in [9.17, 15) is 12.8 Å². The third kappa shape index (κ3) is 3.85. The number of nitrogens with one attached hydrogen (secondary N) is 1. The highest BCUT2D eigenvalue weighted by Gasteiger charge is 2.37. The van der Waals surface area contributed by atoms with Gasteiger partial charge in [-0.3, -0.25) is 0 Å². The van der Waals surface area contributed by atoms with Crippen LogP contribution in [0.3, 0.4) is 0 Å². The molecule has 4 aromatic rings. The molecule has 0 radical (unpaired) electrons. The Morgan fingerprint density at radius 1 is 0.839 bits per heavy atom. The van der Waals surface area contributed by atoms with E-state index in [1.165, 1.54) is 36.0 Å². The molecule has 0 heterocycles. The quantitative estimate of drug-likeness (QED) is 0.363. The monoisotopic (exact) mass is 469 g/mol. The molecule has 0 spiro atoms. The number of rotatable bonds is 5. The Labute approximate surface area is 189 Å². The lowest BCUT2D eigenvalue weighted by Crippen LogP contribution is -2.30. The molecule has 0 unspecified atom stereocenters. The molecular formula is C24H17ClFNO2S2. The molecule has 3 nitrogen and oxygen atoms in total. The van der Waals surface area contributed by atoms with Crippen molar-refractivity contribution in [2.75, 3.05) is 0 Å². The van der Waals surface area contributed by atoms with E-state index in [4.69, 9.17) is 11.6 Å². The standard InChI is InChI=1S/C24H17ClFNO2S2/c25-16-7-13-19(14-8-16)31(28,29)27-23-20-5-1-3-15-4-2-6-21(22(15)20)24(23)30-18-11-9-17(26)10-12-18/h1-14,23-24,27H/t23-,24+/m0/s1. The highest BCUT2D eigenvalue weighted by molar-refractivity contribution is 7.99. The summed E-state index contributed by atoms with van der Waals surface area (Å²) in [6, 6.07) is 23.9. The molecule has 0 amide bonds. The molecule has 0 saturated carbocycles. The minimum atomic E-state index is -3.79. The lowest BCUT2D eigenvalue weighted by atomic mass is 10.1. The van der Waals surface area contributed by atoms with Crippen molar-refractivity contribution >= 4 is 44.2 Å². The second-order valence-electron chi connectivity index (χ2n) is 7.34. The van der Waals surface area contributed by atoms with Crippen molar-refractivity contribution in [3.05, 3.63) is 107 Å². The van der Waals surface area contributed by atoms with Crippen molar-refractivity contribution in [2.45, 2.75) is 21.1 Å². The van der Waals surface area contributed by atoms with Crippen LogP contribution in [0.1, 0.15) is 22.4 Å². The van der Waals surface area contributed by atoms with Crippen LogP contribution in [0.25, 0.3) is 10.8 Å². The number of hydrogen-bond acceptors (Lipinski definition) is 3. The van der Waals surface area contributed by atoms with Gasteiger partial charge in [-0.15, -0.1) is 11.8 Å². The molecule has 0 aromatic heterocycles. The van der Waals surface area contributed by atoms with Crippen LogP contribution in [0, 0.1) is 5.82 Å². The average molecular weight is 470 g/mol. The van der Waals surface area contributed by atoms with Gasteiger partial charge >= 0.3 is 0 Å². The molecule has 2 atom stereocenters. The summed E-state index contributed by atoms with van der Waals surface area (Å²) >= 11 is 7.45. The lowest BCUT2D eigenvalue weighted by Gasteiger charge is -2.23. The summed E-state index contributed by atoms with van der Waals surface area (Å²) in [7, 11) is -3.79. The third-order valence-electron chi connectivity index (χ3n) is 5.40. The Hall–Kier alpha value is -2.38. The maximum Gasteiger partial charge on any atom is 0.241 e. The van der Waals surface area contributed by atoms with Crippen LogP contribution in [0.15, 0.2) is 94.7 Å². The molecule has 1 N–H and O–H groups in total. The molecule has 0 saturated heterocycles. The summed E-state index contributed by atoms with van der Waals surface area (Å²) in [5.41, 5.74) is 2.00. The summed E-state index contributed by atoms with van der Waals surface area (Å²) in [5.74, 6) is -0.304. The second kappa shape index (κ2) is 7.95. The van der Waals surface area contributed by atoms with E-state index in [2.05, 4.69) is 4.72 Å². The Morgan fingerprint density at radius 2 is 1.48 bits per heavy atom. The summed E-state index contributed by atoms with van der Waals surface area (Å²) in [5, 5.41) is 2.40. The van der Waals surface area contributed by atoms with Gasteiger partial charge < -0.3 is 0 Å². The van der Waals surface area contributed by atoms with E-state index in [1.807, 2.05) is 36.4 Å². The zero-order chi connectivity index (χ0) is 21.6. The Bertz CT molecular complexity index is 1370. The van der Waals surface area contributed by atoms with Gasteiger partial charge in [0.25, 0.3) is 0 Å². The minimum Gasteiger partial charge on any atom is -0.207 e. The van der Waals surface area contributed by atoms with Gasteiger partial charge in [-0.05, 0) is 70.4 Å². The molecule has 7 heteroatoms. The molecule has 4 aromatic carbocycles.